The molecule has 0 saturated carbocycles. The van der Waals surface area contributed by atoms with Gasteiger partial charge in [-0.25, -0.2) is 5.43 Å². The minimum absolute atomic E-state index is 0.0733. The lowest BCUT2D eigenvalue weighted by atomic mass is 10.2. The van der Waals surface area contributed by atoms with E-state index >= 15 is 0 Å². The van der Waals surface area contributed by atoms with Crippen LogP contribution in [0.3, 0.4) is 0 Å². The summed E-state index contributed by atoms with van der Waals surface area (Å²) in [5, 5.41) is 9.50. The predicted molar refractivity (Wildman–Crippen MR) is 123 cm³/mol. The van der Waals surface area contributed by atoms with Gasteiger partial charge in [0.25, 0.3) is 5.91 Å². The van der Waals surface area contributed by atoms with Crippen LogP contribution in [0.15, 0.2) is 70.4 Å². The molecule has 3 N–H and O–H groups in total. The summed E-state index contributed by atoms with van der Waals surface area (Å²) in [5.74, 6) is -1.37. The van der Waals surface area contributed by atoms with E-state index in [0.29, 0.717) is 32.8 Å². The highest BCUT2D eigenvalue weighted by atomic mass is 35.5. The Balaban J connectivity index is 1.50. The Labute approximate surface area is 198 Å². The van der Waals surface area contributed by atoms with Crippen molar-refractivity contribution in [2.24, 2.45) is 5.10 Å². The number of anilines is 1. The summed E-state index contributed by atoms with van der Waals surface area (Å²) in [5.41, 5.74) is 3.08. The van der Waals surface area contributed by atoms with Gasteiger partial charge in [-0.15, -0.1) is 0 Å². The fourth-order valence-electron chi connectivity index (χ4n) is 2.50. The number of benzene rings is 2. The molecule has 0 saturated heterocycles. The highest BCUT2D eigenvalue weighted by Crippen LogP contribution is 2.25. The summed E-state index contributed by atoms with van der Waals surface area (Å²) in [6, 6.07) is 14.8. The Morgan fingerprint density at radius 1 is 1.00 bits per heavy atom. The van der Waals surface area contributed by atoms with Crippen LogP contribution >= 0.6 is 23.2 Å². The van der Waals surface area contributed by atoms with Crippen molar-refractivity contribution in [1.82, 2.24) is 10.7 Å². The van der Waals surface area contributed by atoms with Crippen LogP contribution in [0, 0.1) is 0 Å². The molecule has 0 bridgehead atoms. The van der Waals surface area contributed by atoms with E-state index in [1.807, 2.05) is 0 Å². The van der Waals surface area contributed by atoms with Gasteiger partial charge >= 0.3 is 11.8 Å². The Kier molecular flexibility index (Phi) is 8.45. The van der Waals surface area contributed by atoms with Crippen LogP contribution in [-0.4, -0.2) is 30.5 Å². The molecule has 9 nitrogen and oxygen atoms in total. The quantitative estimate of drug-likeness (QED) is 0.255. The van der Waals surface area contributed by atoms with Gasteiger partial charge in [-0.2, -0.15) is 5.10 Å². The normalized spacial score (nSPS) is 10.6. The van der Waals surface area contributed by atoms with Gasteiger partial charge in [-0.3, -0.25) is 14.4 Å². The van der Waals surface area contributed by atoms with Crippen LogP contribution in [0.1, 0.15) is 11.3 Å². The van der Waals surface area contributed by atoms with Gasteiger partial charge < -0.3 is 19.8 Å². The number of amides is 3. The number of furan rings is 1. The topological polar surface area (TPSA) is 122 Å². The Bertz CT molecular complexity index is 1170. The molecule has 33 heavy (non-hydrogen) atoms. The van der Waals surface area contributed by atoms with Crippen molar-refractivity contribution >= 4 is 52.8 Å². The van der Waals surface area contributed by atoms with Gasteiger partial charge in [0.15, 0.2) is 6.61 Å². The van der Waals surface area contributed by atoms with Crippen LogP contribution in [0.2, 0.25) is 10.0 Å². The number of nitrogens with one attached hydrogen (secondary N) is 3. The molecule has 0 aliphatic heterocycles. The van der Waals surface area contributed by atoms with Gasteiger partial charge in [0.05, 0.1) is 29.1 Å². The first-order valence-electron chi connectivity index (χ1n) is 9.52. The molecule has 0 fully saturated rings. The van der Waals surface area contributed by atoms with E-state index in [1.54, 1.807) is 48.5 Å². The minimum Gasteiger partial charge on any atom is -0.483 e. The van der Waals surface area contributed by atoms with E-state index in [0.717, 1.165) is 0 Å². The fraction of sp³-hybridized carbons (Fsp3) is 0.0909. The van der Waals surface area contributed by atoms with Crippen LogP contribution in [0.25, 0.3) is 0 Å². The number of rotatable bonds is 8. The zero-order chi connectivity index (χ0) is 23.6. The van der Waals surface area contributed by atoms with Gasteiger partial charge in [0.1, 0.15) is 11.5 Å². The summed E-state index contributed by atoms with van der Waals surface area (Å²) >= 11 is 11.8. The average Bonchev–Trinajstić information content (AvgIpc) is 3.33. The third-order valence-electron chi connectivity index (χ3n) is 4.06. The van der Waals surface area contributed by atoms with Crippen molar-refractivity contribution in [3.8, 4) is 5.75 Å². The Morgan fingerprint density at radius 3 is 2.58 bits per heavy atom. The van der Waals surface area contributed by atoms with Crippen molar-refractivity contribution in [3.63, 3.8) is 0 Å². The van der Waals surface area contributed by atoms with Gasteiger partial charge in [-0.05, 0) is 42.5 Å². The molecule has 1 heterocycles. The second-order valence-corrected chi connectivity index (χ2v) is 7.28. The molecule has 2 aromatic carbocycles. The SMILES string of the molecule is O=C(COc1ccccc1/C=N\NC(=O)C(=O)NCc1ccco1)Nc1ccc(Cl)c(Cl)c1. The molecular formula is C22H18Cl2N4O5. The number of para-hydroxylation sites is 1. The third-order valence-corrected chi connectivity index (χ3v) is 4.80. The highest BCUT2D eigenvalue weighted by Gasteiger charge is 2.13. The van der Waals surface area contributed by atoms with Crippen molar-refractivity contribution < 1.29 is 23.5 Å². The van der Waals surface area contributed by atoms with E-state index < -0.39 is 17.7 Å². The van der Waals surface area contributed by atoms with Crippen LogP contribution < -0.4 is 20.8 Å². The van der Waals surface area contributed by atoms with Crippen LogP contribution in [0.4, 0.5) is 5.69 Å². The lowest BCUT2D eigenvalue weighted by molar-refractivity contribution is -0.139. The predicted octanol–water partition coefficient (Wildman–Crippen LogP) is 3.37. The van der Waals surface area contributed by atoms with Gasteiger partial charge in [0, 0.05) is 11.3 Å². The molecule has 0 atom stereocenters. The summed E-state index contributed by atoms with van der Waals surface area (Å²) in [6.07, 6.45) is 2.76. The molecule has 0 aliphatic carbocycles. The molecule has 3 aromatic rings. The maximum atomic E-state index is 12.2. The minimum atomic E-state index is -0.947. The smallest absolute Gasteiger partial charge is 0.329 e. The molecule has 170 valence electrons. The molecule has 0 aliphatic rings. The molecule has 3 rings (SSSR count). The van der Waals surface area contributed by atoms with E-state index in [9.17, 15) is 14.4 Å². The fourth-order valence-corrected chi connectivity index (χ4v) is 2.80. The first kappa shape index (κ1) is 23.8. The summed E-state index contributed by atoms with van der Waals surface area (Å²) in [6.45, 7) is -0.212. The molecule has 0 spiro atoms. The first-order valence-corrected chi connectivity index (χ1v) is 10.3. The Hall–Kier alpha value is -3.82. The van der Waals surface area contributed by atoms with Crippen LogP contribution in [-0.2, 0) is 20.9 Å². The zero-order valence-electron chi connectivity index (χ0n) is 17.0. The molecule has 11 heteroatoms. The van der Waals surface area contributed by atoms with Crippen molar-refractivity contribution in [2.75, 3.05) is 11.9 Å². The molecular weight excluding hydrogens is 471 g/mol. The molecule has 0 radical (unpaired) electrons. The van der Waals surface area contributed by atoms with Crippen LogP contribution in [0.5, 0.6) is 5.75 Å². The lowest BCUT2D eigenvalue weighted by Crippen LogP contribution is -2.37. The number of hydrogen-bond donors (Lipinski definition) is 3. The van der Waals surface area contributed by atoms with E-state index in [1.165, 1.54) is 18.5 Å². The maximum Gasteiger partial charge on any atom is 0.329 e. The highest BCUT2D eigenvalue weighted by molar-refractivity contribution is 6.42. The second kappa shape index (κ2) is 11.7. The maximum absolute atomic E-state index is 12.2. The second-order valence-electron chi connectivity index (χ2n) is 6.46. The van der Waals surface area contributed by atoms with E-state index in [2.05, 4.69) is 21.2 Å². The number of carbonyl (C=O) groups is 3. The number of ether oxygens (including phenoxy) is 1. The number of halogens is 2. The van der Waals surface area contributed by atoms with E-state index in [-0.39, 0.29) is 13.2 Å². The Morgan fingerprint density at radius 2 is 1.82 bits per heavy atom. The largest absolute Gasteiger partial charge is 0.483 e. The standard InChI is InChI=1S/C22H18Cl2N4O5/c23-17-8-7-15(10-18(17)24)27-20(29)13-33-19-6-2-1-4-14(19)11-26-28-22(31)21(30)25-12-16-5-3-9-32-16/h1-11H,12-13H2,(H,25,30)(H,27,29)(H,28,31)/b26-11-. The number of carbonyl (C=O) groups excluding carboxylic acids is 3. The molecule has 0 unspecified atom stereocenters. The average molecular weight is 489 g/mol. The van der Waals surface area contributed by atoms with E-state index in [4.69, 9.17) is 32.4 Å². The number of hydrazone groups is 1. The molecule has 3 amide bonds. The number of hydrogen-bond acceptors (Lipinski definition) is 6. The molecule has 1 aromatic heterocycles. The lowest BCUT2D eigenvalue weighted by Gasteiger charge is -2.10. The summed E-state index contributed by atoms with van der Waals surface area (Å²) < 4.78 is 10.6. The van der Waals surface area contributed by atoms with Gasteiger partial charge in [0.2, 0.25) is 0 Å². The number of nitrogens with zero attached hydrogens (tertiary/aromatic N) is 1. The summed E-state index contributed by atoms with van der Waals surface area (Å²) in [4.78, 5) is 35.8. The zero-order valence-corrected chi connectivity index (χ0v) is 18.5. The monoisotopic (exact) mass is 488 g/mol. The summed E-state index contributed by atoms with van der Waals surface area (Å²) in [7, 11) is 0. The van der Waals surface area contributed by atoms with Crippen molar-refractivity contribution in [2.45, 2.75) is 6.54 Å². The van der Waals surface area contributed by atoms with Crippen molar-refractivity contribution in [3.05, 3.63) is 82.2 Å². The third kappa shape index (κ3) is 7.37. The van der Waals surface area contributed by atoms with Gasteiger partial charge in [-0.1, -0.05) is 35.3 Å². The van der Waals surface area contributed by atoms with Crippen molar-refractivity contribution in [1.29, 1.82) is 0 Å². The first-order chi connectivity index (χ1) is 15.9.